The molecule has 22 heavy (non-hydrogen) atoms. The van der Waals surface area contributed by atoms with Crippen LogP contribution in [0.4, 0.5) is 5.69 Å². The van der Waals surface area contributed by atoms with Crippen LogP contribution in [-0.4, -0.2) is 37.2 Å². The Morgan fingerprint density at radius 1 is 1.50 bits per heavy atom. The maximum absolute atomic E-state index is 11.9. The molecule has 1 aliphatic rings. The van der Waals surface area contributed by atoms with E-state index >= 15 is 0 Å². The van der Waals surface area contributed by atoms with Gasteiger partial charge in [-0.25, -0.2) is 0 Å². The summed E-state index contributed by atoms with van der Waals surface area (Å²) in [5, 5.41) is 15.9. The van der Waals surface area contributed by atoms with Gasteiger partial charge in [0.15, 0.2) is 0 Å². The van der Waals surface area contributed by atoms with Crippen molar-refractivity contribution in [3.8, 4) is 0 Å². The molecule has 1 aliphatic heterocycles. The lowest BCUT2D eigenvalue weighted by atomic mass is 10.1. The molecule has 7 heteroatoms. The lowest BCUT2D eigenvalue weighted by molar-refractivity contribution is -0.687. The molecular weight excluding hydrogens is 308 g/mol. The van der Waals surface area contributed by atoms with Gasteiger partial charge in [-0.05, 0) is 31.0 Å². The minimum atomic E-state index is -1.25. The molecule has 0 saturated carbocycles. The van der Waals surface area contributed by atoms with E-state index in [1.807, 2.05) is 0 Å². The maximum Gasteiger partial charge on any atom is 0.230 e. The van der Waals surface area contributed by atoms with Crippen molar-refractivity contribution in [2.45, 2.75) is 31.4 Å². The predicted molar refractivity (Wildman–Crippen MR) is 79.3 cm³/mol. The molecule has 0 bridgehead atoms. The molecule has 1 fully saturated rings. The van der Waals surface area contributed by atoms with Crippen molar-refractivity contribution in [2.75, 3.05) is 18.5 Å². The molecule has 0 aromatic heterocycles. The summed E-state index contributed by atoms with van der Waals surface area (Å²) in [5.41, 5.74) is 0.536. The fourth-order valence-corrected chi connectivity index (χ4v) is 2.58. The van der Waals surface area contributed by atoms with Gasteiger partial charge < -0.3 is 25.3 Å². The lowest BCUT2D eigenvalue weighted by Crippen LogP contribution is -2.94. The van der Waals surface area contributed by atoms with E-state index in [-0.39, 0.29) is 18.4 Å². The third-order valence-electron chi connectivity index (χ3n) is 3.52. The number of halogens is 1. The van der Waals surface area contributed by atoms with E-state index in [2.05, 4.69) is 5.32 Å². The second-order valence-electron chi connectivity index (χ2n) is 5.29. The molecule has 120 valence electrons. The summed E-state index contributed by atoms with van der Waals surface area (Å²) in [6, 6.07) is 5.76. The Labute approximate surface area is 133 Å². The highest BCUT2D eigenvalue weighted by Gasteiger charge is 2.23. The average Bonchev–Trinajstić information content (AvgIpc) is 2.96. The van der Waals surface area contributed by atoms with E-state index in [4.69, 9.17) is 16.3 Å². The second-order valence-corrected chi connectivity index (χ2v) is 5.73. The standard InChI is InChI=1S/C15H19ClN2O4/c16-10-3-1-4-11(7-10)18-14(19)8-13(15(20)21)17-9-12-5-2-6-22-12/h1,3-4,7,12-13,17H,2,5-6,8-9H2,(H,18,19)(H,20,21)/t12-,13+/m0/s1. The number of amides is 1. The number of anilines is 1. The van der Waals surface area contributed by atoms with Crippen LogP contribution in [0.1, 0.15) is 19.3 Å². The number of carboxylic acid groups (broad SMARTS) is 1. The summed E-state index contributed by atoms with van der Waals surface area (Å²) in [6.07, 6.45) is 1.80. The molecule has 0 unspecified atom stereocenters. The summed E-state index contributed by atoms with van der Waals surface area (Å²) < 4.78 is 5.44. The van der Waals surface area contributed by atoms with Gasteiger partial charge in [0.25, 0.3) is 0 Å². The monoisotopic (exact) mass is 326 g/mol. The van der Waals surface area contributed by atoms with Crippen LogP contribution < -0.4 is 15.7 Å². The van der Waals surface area contributed by atoms with E-state index in [9.17, 15) is 14.7 Å². The number of carbonyl (C=O) groups is 2. The molecule has 1 aromatic carbocycles. The van der Waals surface area contributed by atoms with E-state index in [1.165, 1.54) is 0 Å². The van der Waals surface area contributed by atoms with E-state index in [0.29, 0.717) is 23.9 Å². The summed E-state index contributed by atoms with van der Waals surface area (Å²) in [5.74, 6) is -1.64. The first-order valence-corrected chi connectivity index (χ1v) is 7.63. The summed E-state index contributed by atoms with van der Waals surface area (Å²) >= 11 is 5.83. The number of carboxylic acids is 1. The van der Waals surface area contributed by atoms with E-state index < -0.39 is 12.0 Å². The second kappa shape index (κ2) is 8.12. The lowest BCUT2D eigenvalue weighted by Gasteiger charge is -2.18. The molecule has 1 aromatic rings. The van der Waals surface area contributed by atoms with E-state index in [1.54, 1.807) is 29.6 Å². The molecular formula is C15H19ClN2O4. The number of aliphatic carboxylic acids is 1. The van der Waals surface area contributed by atoms with Crippen molar-refractivity contribution in [3.05, 3.63) is 29.3 Å². The van der Waals surface area contributed by atoms with Crippen LogP contribution in [0.15, 0.2) is 24.3 Å². The third kappa shape index (κ3) is 5.29. The zero-order valence-electron chi connectivity index (χ0n) is 12.1. The number of quaternary nitrogens is 1. The average molecular weight is 327 g/mol. The number of nitrogens with two attached hydrogens (primary N) is 1. The summed E-state index contributed by atoms with van der Waals surface area (Å²) in [7, 11) is 0. The highest BCUT2D eigenvalue weighted by Crippen LogP contribution is 2.15. The molecule has 1 saturated heterocycles. The summed E-state index contributed by atoms with van der Waals surface area (Å²) in [6.45, 7) is 1.23. The van der Waals surface area contributed by atoms with Crippen molar-refractivity contribution in [3.63, 3.8) is 0 Å². The molecule has 3 N–H and O–H groups in total. The van der Waals surface area contributed by atoms with Gasteiger partial charge in [-0.3, -0.25) is 4.79 Å². The Balaban J connectivity index is 1.84. The number of benzene rings is 1. The van der Waals surface area contributed by atoms with Gasteiger partial charge >= 0.3 is 0 Å². The first kappa shape index (κ1) is 16.7. The zero-order valence-corrected chi connectivity index (χ0v) is 12.8. The van der Waals surface area contributed by atoms with Crippen LogP contribution in [-0.2, 0) is 14.3 Å². The van der Waals surface area contributed by atoms with Crippen molar-refractivity contribution in [2.24, 2.45) is 0 Å². The Kier molecular flexibility index (Phi) is 6.18. The number of hydrogen-bond acceptors (Lipinski definition) is 4. The highest BCUT2D eigenvalue weighted by atomic mass is 35.5. The van der Waals surface area contributed by atoms with Gasteiger partial charge in [-0.2, -0.15) is 0 Å². The maximum atomic E-state index is 11.9. The van der Waals surface area contributed by atoms with Gasteiger partial charge in [0, 0.05) is 17.3 Å². The third-order valence-corrected chi connectivity index (χ3v) is 3.76. The minimum Gasteiger partial charge on any atom is -0.544 e. The van der Waals surface area contributed by atoms with Crippen LogP contribution in [0.25, 0.3) is 0 Å². The van der Waals surface area contributed by atoms with Crippen molar-refractivity contribution in [1.82, 2.24) is 0 Å². The topological polar surface area (TPSA) is 95.1 Å². The van der Waals surface area contributed by atoms with Crippen LogP contribution in [0.3, 0.4) is 0 Å². The van der Waals surface area contributed by atoms with Crippen LogP contribution in [0.5, 0.6) is 0 Å². The number of carbonyl (C=O) groups excluding carboxylic acids is 2. The quantitative estimate of drug-likeness (QED) is 0.708. The zero-order chi connectivity index (χ0) is 15.9. The number of nitrogens with one attached hydrogen (secondary N) is 1. The van der Waals surface area contributed by atoms with Gasteiger partial charge in [0.1, 0.15) is 18.7 Å². The van der Waals surface area contributed by atoms with E-state index in [0.717, 1.165) is 12.8 Å². The number of hydrogen-bond donors (Lipinski definition) is 2. The van der Waals surface area contributed by atoms with Crippen LogP contribution in [0.2, 0.25) is 5.02 Å². The Morgan fingerprint density at radius 2 is 2.32 bits per heavy atom. The predicted octanol–water partition coefficient (Wildman–Crippen LogP) is -0.470. The largest absolute Gasteiger partial charge is 0.544 e. The highest BCUT2D eigenvalue weighted by molar-refractivity contribution is 6.30. The van der Waals surface area contributed by atoms with Crippen molar-refractivity contribution >= 4 is 29.2 Å². The first-order chi connectivity index (χ1) is 10.5. The number of ether oxygens (including phenoxy) is 1. The smallest absolute Gasteiger partial charge is 0.230 e. The SMILES string of the molecule is O=C(C[C@@H]([NH2+]C[C@@H]1CCCO1)C(=O)[O-])Nc1cccc(Cl)c1. The minimum absolute atomic E-state index is 0.0536. The fourth-order valence-electron chi connectivity index (χ4n) is 2.39. The van der Waals surface area contributed by atoms with Gasteiger partial charge in [0.2, 0.25) is 5.91 Å². The Bertz CT molecular complexity index is 532. The molecule has 1 amide bonds. The van der Waals surface area contributed by atoms with Gasteiger partial charge in [0.05, 0.1) is 12.4 Å². The molecule has 0 aliphatic carbocycles. The number of rotatable bonds is 7. The molecule has 2 rings (SSSR count). The summed E-state index contributed by atoms with van der Waals surface area (Å²) in [4.78, 5) is 23.1. The molecule has 1 heterocycles. The molecule has 6 nitrogen and oxygen atoms in total. The van der Waals surface area contributed by atoms with Crippen molar-refractivity contribution < 1.29 is 24.7 Å². The normalized spacial score (nSPS) is 18.9. The van der Waals surface area contributed by atoms with Crippen LogP contribution in [0, 0.1) is 0 Å². The molecule has 0 spiro atoms. The van der Waals surface area contributed by atoms with Crippen molar-refractivity contribution in [1.29, 1.82) is 0 Å². The van der Waals surface area contributed by atoms with Crippen LogP contribution >= 0.6 is 11.6 Å². The molecule has 0 radical (unpaired) electrons. The fraction of sp³-hybridized carbons (Fsp3) is 0.467. The molecule has 2 atom stereocenters. The van der Waals surface area contributed by atoms with Gasteiger partial charge in [-0.15, -0.1) is 0 Å². The Morgan fingerprint density at radius 3 is 2.95 bits per heavy atom. The first-order valence-electron chi connectivity index (χ1n) is 7.26. The Hall–Kier alpha value is -1.63. The van der Waals surface area contributed by atoms with Gasteiger partial charge in [-0.1, -0.05) is 17.7 Å².